The second-order valence-electron chi connectivity index (χ2n) is 7.62. The van der Waals surface area contributed by atoms with E-state index in [1.165, 1.54) is 0 Å². The first-order valence-corrected chi connectivity index (χ1v) is 10.7. The number of rotatable bonds is 8. The zero-order valence-corrected chi connectivity index (χ0v) is 21.1. The number of aliphatic imine (C=N–C) groups is 1. The van der Waals surface area contributed by atoms with Crippen LogP contribution in [0.1, 0.15) is 36.8 Å². The Morgan fingerprint density at radius 3 is 2.69 bits per heavy atom. The number of alkyl halides is 2. The van der Waals surface area contributed by atoms with Crippen molar-refractivity contribution in [3.8, 4) is 5.75 Å². The molecule has 1 fully saturated rings. The highest BCUT2D eigenvalue weighted by Crippen LogP contribution is 2.24. The quantitative estimate of drug-likeness (QED) is 0.284. The van der Waals surface area contributed by atoms with E-state index in [0.717, 1.165) is 67.6 Å². The molecule has 1 saturated heterocycles. The standard InChI is InChI=1S/C22H31F2N5O2.HI/c1-4-25-22(26-12-11-20-15(2)28-31-16(20)3)27-17-6-5-13-29(14-17)18-7-9-19(10-8-18)30-21(23)24;/h7-10,17,21H,4-6,11-14H2,1-3H3,(H2,25,26,27);1H. The maximum atomic E-state index is 12.4. The van der Waals surface area contributed by atoms with Crippen molar-refractivity contribution < 1.29 is 18.0 Å². The van der Waals surface area contributed by atoms with Crippen molar-refractivity contribution in [2.45, 2.75) is 52.7 Å². The van der Waals surface area contributed by atoms with Crippen molar-refractivity contribution in [3.05, 3.63) is 41.3 Å². The van der Waals surface area contributed by atoms with E-state index >= 15 is 0 Å². The molecule has 10 heteroatoms. The lowest BCUT2D eigenvalue weighted by atomic mass is 10.0. The molecule has 1 unspecified atom stereocenters. The van der Waals surface area contributed by atoms with Crippen molar-refractivity contribution in [1.82, 2.24) is 15.8 Å². The maximum Gasteiger partial charge on any atom is 0.387 e. The molecular weight excluding hydrogens is 531 g/mol. The molecule has 2 aromatic rings. The fourth-order valence-corrected chi connectivity index (χ4v) is 3.82. The highest BCUT2D eigenvalue weighted by molar-refractivity contribution is 14.0. The van der Waals surface area contributed by atoms with Gasteiger partial charge in [0.15, 0.2) is 5.96 Å². The van der Waals surface area contributed by atoms with Gasteiger partial charge in [0.25, 0.3) is 0 Å². The number of hydrogen-bond donors (Lipinski definition) is 2. The van der Waals surface area contributed by atoms with Crippen LogP contribution in [0.4, 0.5) is 14.5 Å². The van der Waals surface area contributed by atoms with Crippen LogP contribution in [-0.4, -0.2) is 49.9 Å². The summed E-state index contributed by atoms with van der Waals surface area (Å²) in [5.74, 6) is 1.81. The van der Waals surface area contributed by atoms with E-state index in [9.17, 15) is 8.78 Å². The average molecular weight is 563 g/mol. The Morgan fingerprint density at radius 1 is 1.31 bits per heavy atom. The van der Waals surface area contributed by atoms with Gasteiger partial charge in [0.2, 0.25) is 0 Å². The van der Waals surface area contributed by atoms with Gasteiger partial charge >= 0.3 is 6.61 Å². The molecular formula is C22H32F2IN5O2. The van der Waals surface area contributed by atoms with Crippen LogP contribution in [0.2, 0.25) is 0 Å². The molecule has 2 N–H and O–H groups in total. The smallest absolute Gasteiger partial charge is 0.387 e. The summed E-state index contributed by atoms with van der Waals surface area (Å²) in [5, 5.41) is 10.8. The summed E-state index contributed by atoms with van der Waals surface area (Å²) < 4.78 is 34.4. The number of aryl methyl sites for hydroxylation is 2. The van der Waals surface area contributed by atoms with Crippen LogP contribution in [0.3, 0.4) is 0 Å². The molecule has 1 aliphatic rings. The molecule has 1 atom stereocenters. The molecule has 32 heavy (non-hydrogen) atoms. The number of piperidine rings is 1. The van der Waals surface area contributed by atoms with Crippen LogP contribution < -0.4 is 20.3 Å². The number of nitrogens with one attached hydrogen (secondary N) is 2. The summed E-state index contributed by atoms with van der Waals surface area (Å²) >= 11 is 0. The van der Waals surface area contributed by atoms with Gasteiger partial charge in [-0.25, -0.2) is 0 Å². The van der Waals surface area contributed by atoms with E-state index in [1.54, 1.807) is 12.1 Å². The summed E-state index contributed by atoms with van der Waals surface area (Å²) in [5.41, 5.74) is 3.02. The third kappa shape index (κ3) is 7.49. The Bertz CT molecular complexity index is 841. The first-order chi connectivity index (χ1) is 15.0. The number of anilines is 1. The molecule has 1 aliphatic heterocycles. The van der Waals surface area contributed by atoms with Gasteiger partial charge in [0.05, 0.1) is 5.69 Å². The second-order valence-corrected chi connectivity index (χ2v) is 7.62. The van der Waals surface area contributed by atoms with Crippen LogP contribution in [0.5, 0.6) is 5.75 Å². The SMILES string of the molecule is CCNC(=NCCc1c(C)noc1C)NC1CCCN(c2ccc(OC(F)F)cc2)C1.I. The summed E-state index contributed by atoms with van der Waals surface area (Å²) in [6.07, 6.45) is 2.85. The van der Waals surface area contributed by atoms with Crippen LogP contribution in [0.25, 0.3) is 0 Å². The number of benzene rings is 1. The molecule has 0 amide bonds. The fourth-order valence-electron chi connectivity index (χ4n) is 3.82. The first kappa shape index (κ1) is 26.1. The van der Waals surface area contributed by atoms with Gasteiger partial charge in [0.1, 0.15) is 11.5 Å². The Balaban J connectivity index is 0.00000363. The third-order valence-electron chi connectivity index (χ3n) is 5.35. The molecule has 0 spiro atoms. The van der Waals surface area contributed by atoms with E-state index in [4.69, 9.17) is 9.52 Å². The lowest BCUT2D eigenvalue weighted by Gasteiger charge is -2.35. The monoisotopic (exact) mass is 563 g/mol. The van der Waals surface area contributed by atoms with E-state index in [1.807, 2.05) is 32.9 Å². The molecule has 2 heterocycles. The van der Waals surface area contributed by atoms with Crippen LogP contribution in [0, 0.1) is 13.8 Å². The predicted octanol–water partition coefficient (Wildman–Crippen LogP) is 4.28. The van der Waals surface area contributed by atoms with Crippen molar-refractivity contribution in [2.75, 3.05) is 31.1 Å². The topological polar surface area (TPSA) is 74.9 Å². The van der Waals surface area contributed by atoms with Crippen LogP contribution in [0.15, 0.2) is 33.8 Å². The molecule has 0 bridgehead atoms. The number of ether oxygens (including phenoxy) is 1. The summed E-state index contributed by atoms with van der Waals surface area (Å²) in [6, 6.07) is 7.05. The largest absolute Gasteiger partial charge is 0.435 e. The highest BCUT2D eigenvalue weighted by Gasteiger charge is 2.21. The van der Waals surface area contributed by atoms with E-state index < -0.39 is 6.61 Å². The molecule has 1 aromatic carbocycles. The van der Waals surface area contributed by atoms with Crippen molar-refractivity contribution >= 4 is 35.6 Å². The molecule has 178 valence electrons. The zero-order valence-electron chi connectivity index (χ0n) is 18.7. The van der Waals surface area contributed by atoms with Gasteiger partial charge in [-0.2, -0.15) is 8.78 Å². The Kier molecular flexibility index (Phi) is 10.5. The number of guanidine groups is 1. The molecule has 1 aromatic heterocycles. The number of halogens is 3. The van der Waals surface area contributed by atoms with Gasteiger partial charge in [-0.3, -0.25) is 4.99 Å². The fraction of sp³-hybridized carbons (Fsp3) is 0.545. The van der Waals surface area contributed by atoms with E-state index in [2.05, 4.69) is 25.4 Å². The maximum absolute atomic E-state index is 12.4. The van der Waals surface area contributed by atoms with Crippen LogP contribution >= 0.6 is 24.0 Å². The number of hydrogen-bond acceptors (Lipinski definition) is 5. The van der Waals surface area contributed by atoms with Gasteiger partial charge in [-0.15, -0.1) is 24.0 Å². The van der Waals surface area contributed by atoms with Gasteiger partial charge < -0.3 is 24.8 Å². The van der Waals surface area contributed by atoms with Crippen molar-refractivity contribution in [1.29, 1.82) is 0 Å². The number of nitrogens with zero attached hydrogens (tertiary/aromatic N) is 3. The molecule has 0 radical (unpaired) electrons. The summed E-state index contributed by atoms with van der Waals surface area (Å²) in [6.45, 7) is 6.25. The molecule has 7 nitrogen and oxygen atoms in total. The van der Waals surface area contributed by atoms with Crippen LogP contribution in [-0.2, 0) is 6.42 Å². The second kappa shape index (κ2) is 12.8. The highest BCUT2D eigenvalue weighted by atomic mass is 127. The Labute approximate surface area is 205 Å². The minimum Gasteiger partial charge on any atom is -0.435 e. The van der Waals surface area contributed by atoms with E-state index in [0.29, 0.717) is 6.54 Å². The third-order valence-corrected chi connectivity index (χ3v) is 5.35. The van der Waals surface area contributed by atoms with E-state index in [-0.39, 0.29) is 35.8 Å². The average Bonchev–Trinajstić information content (AvgIpc) is 3.06. The molecule has 0 aliphatic carbocycles. The predicted molar refractivity (Wildman–Crippen MR) is 133 cm³/mol. The zero-order chi connectivity index (χ0) is 22.2. The minimum atomic E-state index is -2.81. The number of aromatic nitrogens is 1. The van der Waals surface area contributed by atoms with Gasteiger partial charge in [-0.05, 0) is 64.3 Å². The Morgan fingerprint density at radius 2 is 2.06 bits per heavy atom. The lowest BCUT2D eigenvalue weighted by Crippen LogP contribution is -2.51. The molecule has 0 saturated carbocycles. The summed E-state index contributed by atoms with van der Waals surface area (Å²) in [7, 11) is 0. The normalized spacial score (nSPS) is 16.6. The Hall–Kier alpha value is -2.11. The minimum absolute atomic E-state index is 0. The van der Waals surface area contributed by atoms with Crippen molar-refractivity contribution in [3.63, 3.8) is 0 Å². The summed E-state index contributed by atoms with van der Waals surface area (Å²) in [4.78, 5) is 6.97. The lowest BCUT2D eigenvalue weighted by molar-refractivity contribution is -0.0498. The van der Waals surface area contributed by atoms with Crippen molar-refractivity contribution in [2.24, 2.45) is 4.99 Å². The first-order valence-electron chi connectivity index (χ1n) is 10.7. The van der Waals surface area contributed by atoms with Gasteiger partial charge in [-0.1, -0.05) is 5.16 Å². The van der Waals surface area contributed by atoms with Gasteiger partial charge in [0, 0.05) is 43.5 Å². The molecule has 3 rings (SSSR count).